The minimum absolute atomic E-state index is 0.162. The van der Waals surface area contributed by atoms with Crippen LogP contribution in [0.4, 0.5) is 0 Å². The van der Waals surface area contributed by atoms with E-state index in [9.17, 15) is 9.59 Å². The molecule has 2 N–H and O–H groups in total. The van der Waals surface area contributed by atoms with Gasteiger partial charge in [0.2, 0.25) is 5.56 Å². The van der Waals surface area contributed by atoms with Gasteiger partial charge >= 0.3 is 0 Å². The average Bonchev–Trinajstić information content (AvgIpc) is 2.97. The number of carbonyl (C=O) groups is 1. The van der Waals surface area contributed by atoms with Gasteiger partial charge in [-0.25, -0.2) is 0 Å². The summed E-state index contributed by atoms with van der Waals surface area (Å²) in [5, 5.41) is 2.87. The molecule has 1 aliphatic rings. The van der Waals surface area contributed by atoms with Crippen molar-refractivity contribution in [2.24, 2.45) is 0 Å². The molecule has 98 valence electrons. The smallest absolute Gasteiger partial charge is 0.253 e. The number of nitrogens with one attached hydrogen (secondary N) is 2. The van der Waals surface area contributed by atoms with Crippen molar-refractivity contribution >= 4 is 17.2 Å². The van der Waals surface area contributed by atoms with Crippen molar-refractivity contribution in [1.29, 1.82) is 0 Å². The Bertz CT molecular complexity index is 630. The lowest BCUT2D eigenvalue weighted by Crippen LogP contribution is -2.23. The van der Waals surface area contributed by atoms with E-state index in [1.54, 1.807) is 11.3 Å². The number of thiophene rings is 1. The van der Waals surface area contributed by atoms with Gasteiger partial charge in [0.1, 0.15) is 0 Å². The lowest BCUT2D eigenvalue weighted by Gasteiger charge is -2.03. The van der Waals surface area contributed by atoms with Gasteiger partial charge < -0.3 is 10.3 Å². The maximum absolute atomic E-state index is 11.9. The number of H-pyrrole nitrogens is 1. The van der Waals surface area contributed by atoms with Gasteiger partial charge in [-0.2, -0.15) is 0 Å². The van der Waals surface area contributed by atoms with Crippen molar-refractivity contribution in [3.05, 3.63) is 55.6 Å². The van der Waals surface area contributed by atoms with Gasteiger partial charge in [-0.1, -0.05) is 0 Å². The van der Waals surface area contributed by atoms with Crippen LogP contribution >= 0.6 is 11.3 Å². The molecule has 1 aliphatic carbocycles. The Labute approximate surface area is 114 Å². The first-order valence-electron chi connectivity index (χ1n) is 6.30. The zero-order valence-electron chi connectivity index (χ0n) is 10.4. The van der Waals surface area contributed by atoms with Gasteiger partial charge in [-0.15, -0.1) is 11.3 Å². The molecule has 0 saturated carbocycles. The van der Waals surface area contributed by atoms with Crippen LogP contribution in [-0.2, 0) is 19.4 Å². The highest BCUT2D eigenvalue weighted by atomic mass is 32.1. The molecule has 0 spiro atoms. The Balaban J connectivity index is 1.63. The van der Waals surface area contributed by atoms with Gasteiger partial charge in [0.05, 0.1) is 12.1 Å². The number of aromatic amines is 1. The summed E-state index contributed by atoms with van der Waals surface area (Å²) in [7, 11) is 0. The number of aryl methyl sites for hydroxylation is 2. The molecule has 0 unspecified atom stereocenters. The Morgan fingerprint density at radius 3 is 3.00 bits per heavy atom. The van der Waals surface area contributed by atoms with Gasteiger partial charge in [-0.3, -0.25) is 9.59 Å². The molecule has 2 heterocycles. The number of pyridine rings is 1. The molecular weight excluding hydrogens is 260 g/mol. The van der Waals surface area contributed by atoms with Crippen molar-refractivity contribution in [3.8, 4) is 0 Å². The summed E-state index contributed by atoms with van der Waals surface area (Å²) in [6, 6.07) is 5.08. The minimum Gasteiger partial charge on any atom is -0.347 e. The predicted octanol–water partition coefficient (Wildman–Crippen LogP) is 1.86. The first kappa shape index (κ1) is 12.2. The zero-order valence-corrected chi connectivity index (χ0v) is 11.2. The van der Waals surface area contributed by atoms with Crippen LogP contribution in [0.5, 0.6) is 0 Å². The van der Waals surface area contributed by atoms with E-state index in [0.717, 1.165) is 0 Å². The average molecular weight is 274 g/mol. The van der Waals surface area contributed by atoms with E-state index in [1.165, 1.54) is 52.9 Å². The van der Waals surface area contributed by atoms with Crippen molar-refractivity contribution in [2.45, 2.75) is 25.8 Å². The third-order valence-electron chi connectivity index (χ3n) is 3.27. The number of amides is 1. The molecule has 4 nitrogen and oxygen atoms in total. The Hall–Kier alpha value is -1.88. The summed E-state index contributed by atoms with van der Waals surface area (Å²) in [6.45, 7) is 0.551. The number of fused-ring (bicyclic) bond motifs is 1. The zero-order chi connectivity index (χ0) is 13.2. The molecule has 19 heavy (non-hydrogen) atoms. The fraction of sp³-hybridized carbons (Fsp3) is 0.286. The molecule has 2 aromatic heterocycles. The van der Waals surface area contributed by atoms with E-state index >= 15 is 0 Å². The molecular formula is C14H14N2O2S. The van der Waals surface area contributed by atoms with Crippen LogP contribution in [0, 0.1) is 0 Å². The summed E-state index contributed by atoms with van der Waals surface area (Å²) in [4.78, 5) is 28.0. The monoisotopic (exact) mass is 274 g/mol. The van der Waals surface area contributed by atoms with Gasteiger partial charge in [0.15, 0.2) is 0 Å². The summed E-state index contributed by atoms with van der Waals surface area (Å²) in [6.07, 6.45) is 5.03. The lowest BCUT2D eigenvalue weighted by molar-refractivity contribution is 0.0951. The fourth-order valence-electron chi connectivity index (χ4n) is 2.30. The van der Waals surface area contributed by atoms with Crippen LogP contribution in [0.2, 0.25) is 0 Å². The Morgan fingerprint density at radius 1 is 1.37 bits per heavy atom. The fourth-order valence-corrected chi connectivity index (χ4v) is 3.50. The largest absolute Gasteiger partial charge is 0.347 e. The third-order valence-corrected chi connectivity index (χ3v) is 4.50. The second-order valence-corrected chi connectivity index (χ2v) is 5.86. The minimum atomic E-state index is -0.203. The SMILES string of the molecule is O=C(NCc1cc2c(s1)CCC2)c1ccc(=O)[nH]c1. The van der Waals surface area contributed by atoms with E-state index in [1.807, 2.05) is 0 Å². The van der Waals surface area contributed by atoms with Crippen molar-refractivity contribution in [3.63, 3.8) is 0 Å². The number of hydrogen-bond acceptors (Lipinski definition) is 3. The second-order valence-electron chi connectivity index (χ2n) is 4.64. The molecule has 2 aromatic rings. The van der Waals surface area contributed by atoms with E-state index < -0.39 is 0 Å². The van der Waals surface area contributed by atoms with Crippen LogP contribution in [0.3, 0.4) is 0 Å². The van der Waals surface area contributed by atoms with Crippen LogP contribution in [0.25, 0.3) is 0 Å². The normalized spacial score (nSPS) is 13.3. The van der Waals surface area contributed by atoms with E-state index in [4.69, 9.17) is 0 Å². The molecule has 5 heteroatoms. The molecule has 0 fully saturated rings. The molecule has 0 atom stereocenters. The summed E-state index contributed by atoms with van der Waals surface area (Å²) in [5.41, 5.74) is 1.72. The molecule has 3 rings (SSSR count). The van der Waals surface area contributed by atoms with Crippen molar-refractivity contribution < 1.29 is 4.79 Å². The van der Waals surface area contributed by atoms with Gasteiger partial charge in [0, 0.05) is 22.0 Å². The van der Waals surface area contributed by atoms with Crippen LogP contribution < -0.4 is 10.9 Å². The second kappa shape index (κ2) is 5.01. The molecule has 0 bridgehead atoms. The van der Waals surface area contributed by atoms with Crippen LogP contribution in [0.15, 0.2) is 29.2 Å². The third kappa shape index (κ3) is 2.61. The Kier molecular flexibility index (Phi) is 3.21. The van der Waals surface area contributed by atoms with E-state index in [2.05, 4.69) is 16.4 Å². The van der Waals surface area contributed by atoms with Gasteiger partial charge in [0.25, 0.3) is 5.91 Å². The molecule has 0 aliphatic heterocycles. The molecule has 0 radical (unpaired) electrons. The maximum Gasteiger partial charge on any atom is 0.253 e. The summed E-state index contributed by atoms with van der Waals surface area (Å²) in [5.74, 6) is -0.162. The molecule has 0 aromatic carbocycles. The van der Waals surface area contributed by atoms with Crippen LogP contribution in [-0.4, -0.2) is 10.9 Å². The predicted molar refractivity (Wildman–Crippen MR) is 74.6 cm³/mol. The highest BCUT2D eigenvalue weighted by Crippen LogP contribution is 2.30. The highest BCUT2D eigenvalue weighted by molar-refractivity contribution is 7.12. The number of aromatic nitrogens is 1. The standard InChI is InChI=1S/C14H14N2O2S/c17-13-5-4-10(7-15-13)14(18)16-8-11-6-9-2-1-3-12(9)19-11/h4-7H,1-3,8H2,(H,15,17)(H,16,18). The van der Waals surface area contributed by atoms with E-state index in [-0.39, 0.29) is 11.5 Å². The number of hydrogen-bond donors (Lipinski definition) is 2. The molecule has 1 amide bonds. The van der Waals surface area contributed by atoms with Gasteiger partial charge in [-0.05, 0) is 37.0 Å². The van der Waals surface area contributed by atoms with Crippen molar-refractivity contribution in [1.82, 2.24) is 10.3 Å². The Morgan fingerprint density at radius 2 is 2.26 bits per heavy atom. The maximum atomic E-state index is 11.9. The van der Waals surface area contributed by atoms with Crippen LogP contribution in [0.1, 0.15) is 32.1 Å². The number of rotatable bonds is 3. The van der Waals surface area contributed by atoms with E-state index in [0.29, 0.717) is 12.1 Å². The topological polar surface area (TPSA) is 62.0 Å². The summed E-state index contributed by atoms with van der Waals surface area (Å²) < 4.78 is 0. The van der Waals surface area contributed by atoms with Crippen molar-refractivity contribution in [2.75, 3.05) is 0 Å². The molecule has 0 saturated heterocycles. The first-order valence-corrected chi connectivity index (χ1v) is 7.11. The summed E-state index contributed by atoms with van der Waals surface area (Å²) >= 11 is 1.79. The lowest BCUT2D eigenvalue weighted by atomic mass is 10.2. The highest BCUT2D eigenvalue weighted by Gasteiger charge is 2.15. The quantitative estimate of drug-likeness (QED) is 0.897. The number of carbonyl (C=O) groups excluding carboxylic acids is 1. The first-order chi connectivity index (χ1) is 9.22.